The SMILES string of the molecule is CC1(C)[C@H]2CC[C@]1(CS(=O)(=O)N1CCN(Cc3ccc4c(c3)OCO4)CC1)C(=O)C2. The summed E-state index contributed by atoms with van der Waals surface area (Å²) in [4.78, 5) is 15.0. The Balaban J connectivity index is 1.22. The Bertz CT molecular complexity index is 968. The highest BCUT2D eigenvalue weighted by Crippen LogP contribution is 2.64. The summed E-state index contributed by atoms with van der Waals surface area (Å²) in [6, 6.07) is 5.95. The van der Waals surface area contributed by atoms with Crippen LogP contribution in [-0.2, 0) is 21.4 Å². The van der Waals surface area contributed by atoms with Gasteiger partial charge < -0.3 is 9.47 Å². The van der Waals surface area contributed by atoms with Gasteiger partial charge in [0, 0.05) is 44.6 Å². The van der Waals surface area contributed by atoms with E-state index in [2.05, 4.69) is 18.7 Å². The summed E-state index contributed by atoms with van der Waals surface area (Å²) >= 11 is 0. The monoisotopic (exact) mass is 434 g/mol. The van der Waals surface area contributed by atoms with Crippen LogP contribution in [0.3, 0.4) is 0 Å². The van der Waals surface area contributed by atoms with E-state index in [-0.39, 0.29) is 23.7 Å². The number of ketones is 1. The van der Waals surface area contributed by atoms with Crippen molar-refractivity contribution in [2.24, 2.45) is 16.7 Å². The van der Waals surface area contributed by atoms with E-state index in [0.717, 1.165) is 30.0 Å². The van der Waals surface area contributed by atoms with Crippen molar-refractivity contribution in [3.63, 3.8) is 0 Å². The largest absolute Gasteiger partial charge is 0.454 e. The van der Waals surface area contributed by atoms with Gasteiger partial charge in [0.15, 0.2) is 11.5 Å². The summed E-state index contributed by atoms with van der Waals surface area (Å²) in [5, 5.41) is 0. The van der Waals surface area contributed by atoms with Crippen LogP contribution in [0.4, 0.5) is 0 Å². The average molecular weight is 435 g/mol. The standard InChI is InChI=1S/C22H30N2O5S/c1-21(2)17-5-6-22(21,20(25)12-17)14-30(26,27)24-9-7-23(8-10-24)13-16-3-4-18-19(11-16)29-15-28-18/h3-4,11,17H,5-10,12-15H2,1-2H3/t17-,22-/m0/s1. The van der Waals surface area contributed by atoms with Gasteiger partial charge in [0.25, 0.3) is 0 Å². The first-order chi connectivity index (χ1) is 14.2. The number of benzene rings is 1. The second kappa shape index (κ2) is 6.93. The number of ether oxygens (including phenoxy) is 2. The normalized spacial score (nSPS) is 30.9. The Morgan fingerprint density at radius 3 is 2.50 bits per heavy atom. The van der Waals surface area contributed by atoms with Crippen LogP contribution in [0, 0.1) is 16.7 Å². The molecule has 1 aromatic carbocycles. The smallest absolute Gasteiger partial charge is 0.231 e. The van der Waals surface area contributed by atoms with Crippen LogP contribution < -0.4 is 9.47 Å². The van der Waals surface area contributed by atoms with E-state index in [1.165, 1.54) is 0 Å². The summed E-state index contributed by atoms with van der Waals surface area (Å²) in [7, 11) is -3.47. The van der Waals surface area contributed by atoms with Crippen molar-refractivity contribution in [3.8, 4) is 11.5 Å². The number of fused-ring (bicyclic) bond motifs is 3. The molecule has 0 unspecified atom stereocenters. The Kier molecular flexibility index (Phi) is 4.69. The van der Waals surface area contributed by atoms with Crippen molar-refractivity contribution in [2.45, 2.75) is 39.7 Å². The molecule has 2 saturated carbocycles. The molecule has 4 aliphatic rings. The maximum atomic E-state index is 13.3. The van der Waals surface area contributed by atoms with E-state index < -0.39 is 15.4 Å². The zero-order chi connectivity index (χ0) is 21.1. The van der Waals surface area contributed by atoms with E-state index in [1.807, 2.05) is 18.2 Å². The molecule has 0 aromatic heterocycles. The van der Waals surface area contributed by atoms with Crippen LogP contribution in [0.5, 0.6) is 11.5 Å². The molecule has 1 aromatic rings. The highest BCUT2D eigenvalue weighted by molar-refractivity contribution is 7.89. The third-order valence-corrected chi connectivity index (χ3v) is 10.1. The van der Waals surface area contributed by atoms with E-state index in [9.17, 15) is 13.2 Å². The number of carbonyl (C=O) groups is 1. The number of rotatable bonds is 5. The number of hydrogen-bond acceptors (Lipinski definition) is 6. The summed E-state index contributed by atoms with van der Waals surface area (Å²) < 4.78 is 39.0. The molecule has 0 spiro atoms. The van der Waals surface area contributed by atoms with Gasteiger partial charge in [-0.2, -0.15) is 4.31 Å². The van der Waals surface area contributed by atoms with Gasteiger partial charge in [0.05, 0.1) is 5.75 Å². The topological polar surface area (TPSA) is 76.2 Å². The van der Waals surface area contributed by atoms with Gasteiger partial charge in [-0.3, -0.25) is 9.69 Å². The Hall–Kier alpha value is -1.64. The maximum absolute atomic E-state index is 13.3. The fraction of sp³-hybridized carbons (Fsp3) is 0.682. The van der Waals surface area contributed by atoms with Gasteiger partial charge in [0.1, 0.15) is 5.78 Å². The van der Waals surface area contributed by atoms with Crippen molar-refractivity contribution in [2.75, 3.05) is 38.7 Å². The number of nitrogens with zero attached hydrogens (tertiary/aromatic N) is 2. The number of carbonyl (C=O) groups excluding carboxylic acids is 1. The van der Waals surface area contributed by atoms with Crippen molar-refractivity contribution in [1.29, 1.82) is 0 Å². The van der Waals surface area contributed by atoms with Crippen LogP contribution in [0.15, 0.2) is 18.2 Å². The van der Waals surface area contributed by atoms with Crippen LogP contribution in [0.1, 0.15) is 38.7 Å². The minimum Gasteiger partial charge on any atom is -0.454 e. The molecule has 30 heavy (non-hydrogen) atoms. The highest BCUT2D eigenvalue weighted by Gasteiger charge is 2.65. The lowest BCUT2D eigenvalue weighted by atomic mass is 9.70. The molecule has 2 aliphatic heterocycles. The molecule has 2 aliphatic carbocycles. The zero-order valence-corrected chi connectivity index (χ0v) is 18.5. The summed E-state index contributed by atoms with van der Waals surface area (Å²) in [5.41, 5.74) is 0.211. The molecule has 2 heterocycles. The second-order valence-corrected chi connectivity index (χ2v) is 11.8. The van der Waals surface area contributed by atoms with Crippen molar-refractivity contribution >= 4 is 15.8 Å². The summed E-state index contributed by atoms with van der Waals surface area (Å²) in [6.07, 6.45) is 2.23. The molecular weight excluding hydrogens is 404 g/mol. The van der Waals surface area contributed by atoms with E-state index >= 15 is 0 Å². The van der Waals surface area contributed by atoms with Gasteiger partial charge in [-0.15, -0.1) is 0 Å². The van der Waals surface area contributed by atoms with Gasteiger partial charge in [-0.25, -0.2) is 8.42 Å². The fourth-order valence-electron chi connectivity index (χ4n) is 5.97. The quantitative estimate of drug-likeness (QED) is 0.708. The Morgan fingerprint density at radius 2 is 1.83 bits per heavy atom. The van der Waals surface area contributed by atoms with E-state index in [0.29, 0.717) is 44.9 Å². The molecule has 2 atom stereocenters. The molecule has 3 fully saturated rings. The minimum absolute atomic E-state index is 0.0233. The summed E-state index contributed by atoms with van der Waals surface area (Å²) in [6.45, 7) is 7.50. The maximum Gasteiger partial charge on any atom is 0.231 e. The second-order valence-electron chi connectivity index (χ2n) is 9.79. The minimum atomic E-state index is -3.47. The van der Waals surface area contributed by atoms with Gasteiger partial charge in [-0.1, -0.05) is 19.9 Å². The molecule has 0 amide bonds. The summed E-state index contributed by atoms with van der Waals surface area (Å²) in [5.74, 6) is 2.01. The predicted octanol–water partition coefficient (Wildman–Crippen LogP) is 2.26. The first-order valence-corrected chi connectivity index (χ1v) is 12.4. The molecule has 1 saturated heterocycles. The lowest BCUT2D eigenvalue weighted by molar-refractivity contribution is -0.128. The first-order valence-electron chi connectivity index (χ1n) is 10.8. The molecule has 7 nitrogen and oxygen atoms in total. The van der Waals surface area contributed by atoms with Crippen LogP contribution >= 0.6 is 0 Å². The fourth-order valence-corrected chi connectivity index (χ4v) is 8.18. The van der Waals surface area contributed by atoms with Crippen molar-refractivity contribution in [1.82, 2.24) is 9.21 Å². The Labute approximate surface area is 178 Å². The lowest BCUT2D eigenvalue weighted by Crippen LogP contribution is -2.52. The van der Waals surface area contributed by atoms with Crippen LogP contribution in [0.2, 0.25) is 0 Å². The average Bonchev–Trinajstić information content (AvgIpc) is 3.31. The molecule has 0 N–H and O–H groups in total. The third kappa shape index (κ3) is 3.07. The van der Waals surface area contributed by atoms with Gasteiger partial charge >= 0.3 is 0 Å². The Morgan fingerprint density at radius 1 is 1.10 bits per heavy atom. The number of Topliss-reactive ketones (excluding diaryl/α,β-unsaturated/α-hetero) is 1. The molecule has 2 bridgehead atoms. The first kappa shape index (κ1) is 20.3. The molecule has 8 heteroatoms. The molecular formula is C22H30N2O5S. The van der Waals surface area contributed by atoms with Gasteiger partial charge in [0.2, 0.25) is 16.8 Å². The molecule has 0 radical (unpaired) electrons. The molecule has 164 valence electrons. The zero-order valence-electron chi connectivity index (χ0n) is 17.7. The van der Waals surface area contributed by atoms with Crippen LogP contribution in [0.25, 0.3) is 0 Å². The number of sulfonamides is 1. The van der Waals surface area contributed by atoms with Crippen molar-refractivity contribution in [3.05, 3.63) is 23.8 Å². The van der Waals surface area contributed by atoms with E-state index in [1.54, 1.807) is 4.31 Å². The van der Waals surface area contributed by atoms with Crippen molar-refractivity contribution < 1.29 is 22.7 Å². The van der Waals surface area contributed by atoms with Crippen LogP contribution in [-0.4, -0.2) is 62.1 Å². The molecule has 5 rings (SSSR count). The lowest BCUT2D eigenvalue weighted by Gasteiger charge is -2.39. The number of piperazine rings is 1. The van der Waals surface area contributed by atoms with E-state index in [4.69, 9.17) is 9.47 Å². The van der Waals surface area contributed by atoms with Gasteiger partial charge in [-0.05, 0) is 41.9 Å². The third-order valence-electron chi connectivity index (χ3n) is 8.14. The predicted molar refractivity (Wildman–Crippen MR) is 112 cm³/mol. The number of hydrogen-bond donors (Lipinski definition) is 0. The highest BCUT2D eigenvalue weighted by atomic mass is 32.2.